The molecule has 0 fully saturated rings. The lowest BCUT2D eigenvalue weighted by atomic mass is 10.1. The number of hydrogen-bond acceptors (Lipinski definition) is 6. The van der Waals surface area contributed by atoms with Crippen molar-refractivity contribution in [1.29, 1.82) is 0 Å². The van der Waals surface area contributed by atoms with Gasteiger partial charge in [0.1, 0.15) is 13.2 Å². The lowest BCUT2D eigenvalue weighted by molar-refractivity contribution is -0.167. The Morgan fingerprint density at radius 2 is 0.732 bits per heavy atom. The van der Waals surface area contributed by atoms with Crippen molar-refractivity contribution in [3.8, 4) is 0 Å². The van der Waals surface area contributed by atoms with Crippen molar-refractivity contribution >= 4 is 17.9 Å². The van der Waals surface area contributed by atoms with Gasteiger partial charge in [-0.15, -0.1) is 0 Å². The number of allylic oxidation sites excluding steroid dienone is 14. The first-order valence-electron chi connectivity index (χ1n) is 22.6. The maximum absolute atomic E-state index is 12.6. The zero-order valence-corrected chi connectivity index (χ0v) is 36.1. The van der Waals surface area contributed by atoms with E-state index in [-0.39, 0.29) is 31.1 Å². The van der Waals surface area contributed by atoms with Gasteiger partial charge in [0.25, 0.3) is 0 Å². The van der Waals surface area contributed by atoms with E-state index in [0.29, 0.717) is 19.3 Å². The maximum Gasteiger partial charge on any atom is 0.306 e. The molecule has 0 amide bonds. The van der Waals surface area contributed by atoms with Crippen molar-refractivity contribution in [2.24, 2.45) is 0 Å². The lowest BCUT2D eigenvalue weighted by Gasteiger charge is -2.18. The van der Waals surface area contributed by atoms with Crippen molar-refractivity contribution in [3.05, 3.63) is 85.1 Å². The number of unbranched alkanes of at least 4 members (excludes halogenated alkanes) is 14. The Bertz CT molecular complexity index is 1120. The molecule has 6 nitrogen and oxygen atoms in total. The molecule has 6 heteroatoms. The van der Waals surface area contributed by atoms with Crippen LogP contribution in [0.3, 0.4) is 0 Å². The van der Waals surface area contributed by atoms with Gasteiger partial charge in [-0.05, 0) is 89.9 Å². The zero-order valence-electron chi connectivity index (χ0n) is 36.1. The highest BCUT2D eigenvalue weighted by Crippen LogP contribution is 2.12. The summed E-state index contributed by atoms with van der Waals surface area (Å²) in [5.74, 6) is -0.967. The SMILES string of the molecule is CC/C=C\C/C=C\C/C=C\C/C=C\C/C=C\C/C=C\CCCCC(=O)OCC(COC(=O)CCCCCCCCC)OC(=O)CCCCCCC/C=C\CCC. The Balaban J connectivity index is 4.35. The molecule has 0 aliphatic heterocycles. The maximum atomic E-state index is 12.6. The summed E-state index contributed by atoms with van der Waals surface area (Å²) < 4.78 is 16.6. The smallest absolute Gasteiger partial charge is 0.306 e. The van der Waals surface area contributed by atoms with Crippen molar-refractivity contribution in [2.75, 3.05) is 13.2 Å². The first kappa shape index (κ1) is 52.6. The standard InChI is InChI=1S/C50H82O6/c1-4-7-10-13-16-18-20-21-22-23-24-25-26-27-28-29-30-32-34-37-40-43-49(52)55-46-47(45-54-48(51)42-39-36-33-15-12-9-6-3)56-50(53)44-41-38-35-31-19-17-14-11-8-5-2/h7,10-11,14,16,18,21-22,24-25,27-28,30,32,47H,4-6,8-9,12-13,15,17,19-20,23,26,29,31,33-46H2,1-3H3/b10-7-,14-11-,18-16-,22-21-,25-24-,28-27-,32-30-. The van der Waals surface area contributed by atoms with E-state index in [4.69, 9.17) is 14.2 Å². The number of esters is 3. The summed E-state index contributed by atoms with van der Waals surface area (Å²) in [6.45, 7) is 6.34. The fourth-order valence-electron chi connectivity index (χ4n) is 5.74. The third-order valence-corrected chi connectivity index (χ3v) is 9.11. The second-order valence-corrected chi connectivity index (χ2v) is 14.6. The molecule has 1 atom stereocenters. The zero-order chi connectivity index (χ0) is 40.8. The lowest BCUT2D eigenvalue weighted by Crippen LogP contribution is -2.30. The highest BCUT2D eigenvalue weighted by atomic mass is 16.6. The molecule has 0 heterocycles. The van der Waals surface area contributed by atoms with Crippen molar-refractivity contribution in [3.63, 3.8) is 0 Å². The molecule has 0 aromatic carbocycles. The Morgan fingerprint density at radius 1 is 0.375 bits per heavy atom. The van der Waals surface area contributed by atoms with Crippen LogP contribution in [0.15, 0.2) is 85.1 Å². The minimum absolute atomic E-state index is 0.0947. The quantitative estimate of drug-likeness (QED) is 0.0268. The van der Waals surface area contributed by atoms with E-state index >= 15 is 0 Å². The van der Waals surface area contributed by atoms with Gasteiger partial charge in [0.2, 0.25) is 0 Å². The van der Waals surface area contributed by atoms with Gasteiger partial charge in [-0.25, -0.2) is 0 Å². The van der Waals surface area contributed by atoms with Crippen LogP contribution in [-0.2, 0) is 28.6 Å². The number of ether oxygens (including phenoxy) is 3. The number of hydrogen-bond donors (Lipinski definition) is 0. The molecule has 0 aromatic heterocycles. The van der Waals surface area contributed by atoms with Gasteiger partial charge in [-0.1, -0.05) is 170 Å². The number of rotatable bonds is 39. The van der Waals surface area contributed by atoms with E-state index in [2.05, 4.69) is 106 Å². The second kappa shape index (κ2) is 44.3. The average Bonchev–Trinajstić information content (AvgIpc) is 3.19. The molecule has 0 saturated heterocycles. The number of carbonyl (C=O) groups excluding carboxylic acids is 3. The van der Waals surface area contributed by atoms with Crippen LogP contribution < -0.4 is 0 Å². The van der Waals surface area contributed by atoms with Crippen LogP contribution in [-0.4, -0.2) is 37.2 Å². The van der Waals surface area contributed by atoms with Gasteiger partial charge < -0.3 is 14.2 Å². The van der Waals surface area contributed by atoms with Crippen LogP contribution in [0.25, 0.3) is 0 Å². The van der Waals surface area contributed by atoms with Gasteiger partial charge >= 0.3 is 17.9 Å². The third kappa shape index (κ3) is 41.7. The molecular formula is C50H82O6. The molecule has 0 N–H and O–H groups in total. The van der Waals surface area contributed by atoms with Gasteiger partial charge in [0, 0.05) is 19.3 Å². The monoisotopic (exact) mass is 779 g/mol. The number of carbonyl (C=O) groups is 3. The van der Waals surface area contributed by atoms with Crippen molar-refractivity contribution < 1.29 is 28.6 Å². The van der Waals surface area contributed by atoms with Crippen molar-refractivity contribution in [2.45, 2.75) is 200 Å². The van der Waals surface area contributed by atoms with E-state index < -0.39 is 6.10 Å². The first-order chi connectivity index (χ1) is 27.5. The van der Waals surface area contributed by atoms with Crippen LogP contribution in [0.1, 0.15) is 194 Å². The Kier molecular flexibility index (Phi) is 41.6. The van der Waals surface area contributed by atoms with E-state index in [1.54, 1.807) is 0 Å². The Labute approximate surface area is 344 Å². The second-order valence-electron chi connectivity index (χ2n) is 14.6. The van der Waals surface area contributed by atoms with E-state index in [1.807, 2.05) is 0 Å². The molecule has 0 saturated carbocycles. The van der Waals surface area contributed by atoms with Gasteiger partial charge in [-0.3, -0.25) is 14.4 Å². The fourth-order valence-corrected chi connectivity index (χ4v) is 5.74. The molecule has 0 aliphatic rings. The Morgan fingerprint density at radius 3 is 1.21 bits per heavy atom. The van der Waals surface area contributed by atoms with E-state index in [0.717, 1.165) is 116 Å². The molecule has 0 rings (SSSR count). The van der Waals surface area contributed by atoms with Gasteiger partial charge in [0.15, 0.2) is 6.10 Å². The molecule has 318 valence electrons. The minimum Gasteiger partial charge on any atom is -0.462 e. The summed E-state index contributed by atoms with van der Waals surface area (Å²) in [4.78, 5) is 37.5. The third-order valence-electron chi connectivity index (χ3n) is 9.11. The van der Waals surface area contributed by atoms with Crippen LogP contribution >= 0.6 is 0 Å². The molecule has 0 radical (unpaired) electrons. The van der Waals surface area contributed by atoms with Crippen LogP contribution in [0.2, 0.25) is 0 Å². The fraction of sp³-hybridized carbons (Fsp3) is 0.660. The van der Waals surface area contributed by atoms with Gasteiger partial charge in [0.05, 0.1) is 0 Å². The van der Waals surface area contributed by atoms with Gasteiger partial charge in [-0.2, -0.15) is 0 Å². The molecule has 0 aromatic rings. The highest BCUT2D eigenvalue weighted by molar-refractivity contribution is 5.71. The molecule has 56 heavy (non-hydrogen) atoms. The topological polar surface area (TPSA) is 78.9 Å². The summed E-state index contributed by atoms with van der Waals surface area (Å²) in [5.41, 5.74) is 0. The summed E-state index contributed by atoms with van der Waals surface area (Å²) in [5, 5.41) is 0. The normalized spacial score (nSPS) is 12.8. The summed E-state index contributed by atoms with van der Waals surface area (Å²) in [7, 11) is 0. The average molecular weight is 779 g/mol. The van der Waals surface area contributed by atoms with E-state index in [9.17, 15) is 14.4 Å². The minimum atomic E-state index is -0.793. The largest absolute Gasteiger partial charge is 0.462 e. The van der Waals surface area contributed by atoms with Crippen LogP contribution in [0.5, 0.6) is 0 Å². The summed E-state index contributed by atoms with van der Waals surface area (Å²) in [6.07, 6.45) is 55.8. The molecule has 1 unspecified atom stereocenters. The predicted octanol–water partition coefficient (Wildman–Crippen LogP) is 14.5. The van der Waals surface area contributed by atoms with Crippen molar-refractivity contribution in [1.82, 2.24) is 0 Å². The Hall–Kier alpha value is -3.41. The highest BCUT2D eigenvalue weighted by Gasteiger charge is 2.19. The van der Waals surface area contributed by atoms with Crippen LogP contribution in [0.4, 0.5) is 0 Å². The predicted molar refractivity (Wildman–Crippen MR) is 237 cm³/mol. The molecule has 0 bridgehead atoms. The first-order valence-corrected chi connectivity index (χ1v) is 22.6. The molecule has 0 spiro atoms. The molecular weight excluding hydrogens is 697 g/mol. The molecule has 0 aliphatic carbocycles. The summed E-state index contributed by atoms with van der Waals surface area (Å²) in [6, 6.07) is 0. The van der Waals surface area contributed by atoms with E-state index in [1.165, 1.54) is 38.5 Å². The summed E-state index contributed by atoms with van der Waals surface area (Å²) >= 11 is 0. The van der Waals surface area contributed by atoms with Crippen LogP contribution in [0, 0.1) is 0 Å².